The normalized spacial score (nSPS) is 18.8. The number of nitrogens with zero attached hydrogens (tertiary/aromatic N) is 1. The van der Waals surface area contributed by atoms with Crippen LogP contribution in [0.25, 0.3) is 0 Å². The minimum atomic E-state index is -0.448. The van der Waals surface area contributed by atoms with E-state index in [0.29, 0.717) is 25.0 Å². The summed E-state index contributed by atoms with van der Waals surface area (Å²) < 4.78 is 6.05. The molecule has 0 radical (unpaired) electrons. The van der Waals surface area contributed by atoms with Gasteiger partial charge in [0.2, 0.25) is 0 Å². The molecule has 1 saturated carbocycles. The molecule has 1 aliphatic carbocycles. The molecule has 2 atom stereocenters. The Morgan fingerprint density at radius 3 is 2.48 bits per heavy atom. The van der Waals surface area contributed by atoms with E-state index in [1.165, 1.54) is 50.5 Å². The third-order valence-electron chi connectivity index (χ3n) is 5.49. The van der Waals surface area contributed by atoms with E-state index >= 15 is 0 Å². The van der Waals surface area contributed by atoms with Gasteiger partial charge in [0.15, 0.2) is 0 Å². The van der Waals surface area contributed by atoms with Gasteiger partial charge in [-0.25, -0.2) is 0 Å². The first kappa shape index (κ1) is 20.3. The van der Waals surface area contributed by atoms with Crippen LogP contribution in [-0.2, 0) is 0 Å². The molecular formula is C22H37NO2. The molecule has 0 saturated heterocycles. The number of aliphatic hydroxyl groups excluding tert-OH is 1. The van der Waals surface area contributed by atoms with Crippen LogP contribution in [0.5, 0.6) is 5.75 Å². The Balaban J connectivity index is 1.87. The van der Waals surface area contributed by atoms with E-state index in [-0.39, 0.29) is 0 Å². The molecule has 0 heterocycles. The Bertz CT molecular complexity index is 483. The number of likely N-dealkylation sites (N-methyl/N-ethyl adjacent to an activating group) is 1. The summed E-state index contributed by atoms with van der Waals surface area (Å²) in [5.74, 6) is 2.25. The highest BCUT2D eigenvalue weighted by molar-refractivity contribution is 5.36. The summed E-state index contributed by atoms with van der Waals surface area (Å²) in [5, 5.41) is 10.3. The zero-order valence-electron chi connectivity index (χ0n) is 16.4. The standard InChI is InChI=1S/C22H37NO2/c1-4-18(2)15-23(3)16-20(24)17-25-22-14-10-9-13-21(22)19-11-7-5-6-8-12-19/h9-10,13-14,18-20,24H,4-8,11-12,15-17H2,1-3H3. The summed E-state index contributed by atoms with van der Waals surface area (Å²) in [6.07, 6.45) is 8.62. The summed E-state index contributed by atoms with van der Waals surface area (Å²) in [7, 11) is 2.08. The molecule has 1 N–H and O–H groups in total. The Kier molecular flexibility index (Phi) is 8.77. The van der Waals surface area contributed by atoms with Crippen LogP contribution in [0.1, 0.15) is 70.3 Å². The van der Waals surface area contributed by atoms with Crippen molar-refractivity contribution in [1.29, 1.82) is 0 Å². The highest BCUT2D eigenvalue weighted by atomic mass is 16.5. The summed E-state index contributed by atoms with van der Waals surface area (Å²) in [6, 6.07) is 8.43. The molecule has 0 bridgehead atoms. The molecule has 2 unspecified atom stereocenters. The lowest BCUT2D eigenvalue weighted by molar-refractivity contribution is 0.0718. The fourth-order valence-electron chi connectivity index (χ4n) is 3.87. The number of aliphatic hydroxyl groups is 1. The topological polar surface area (TPSA) is 32.7 Å². The molecule has 1 fully saturated rings. The van der Waals surface area contributed by atoms with Crippen molar-refractivity contribution in [2.75, 3.05) is 26.7 Å². The maximum absolute atomic E-state index is 10.3. The number of ether oxygens (including phenoxy) is 1. The van der Waals surface area contributed by atoms with E-state index in [2.05, 4.69) is 44.0 Å². The van der Waals surface area contributed by atoms with Crippen LogP contribution in [0.15, 0.2) is 24.3 Å². The van der Waals surface area contributed by atoms with Gasteiger partial charge in [-0.3, -0.25) is 0 Å². The first-order valence-corrected chi connectivity index (χ1v) is 10.2. The Hall–Kier alpha value is -1.06. The van der Waals surface area contributed by atoms with Gasteiger partial charge in [0.25, 0.3) is 0 Å². The number of benzene rings is 1. The van der Waals surface area contributed by atoms with Crippen LogP contribution in [0, 0.1) is 5.92 Å². The lowest BCUT2D eigenvalue weighted by Gasteiger charge is -2.24. The van der Waals surface area contributed by atoms with E-state index in [1.807, 2.05) is 6.07 Å². The van der Waals surface area contributed by atoms with Crippen LogP contribution in [0.4, 0.5) is 0 Å². The Labute approximate surface area is 154 Å². The van der Waals surface area contributed by atoms with Crippen LogP contribution < -0.4 is 4.74 Å². The molecule has 2 rings (SSSR count). The molecule has 142 valence electrons. The van der Waals surface area contributed by atoms with E-state index in [1.54, 1.807) is 0 Å². The molecule has 3 heteroatoms. The summed E-state index contributed by atoms with van der Waals surface area (Å²) in [5.41, 5.74) is 1.34. The summed E-state index contributed by atoms with van der Waals surface area (Å²) in [4.78, 5) is 2.21. The number of hydrogen-bond acceptors (Lipinski definition) is 3. The fourth-order valence-corrected chi connectivity index (χ4v) is 3.87. The van der Waals surface area contributed by atoms with Gasteiger partial charge in [0, 0.05) is 13.1 Å². The van der Waals surface area contributed by atoms with Crippen molar-refractivity contribution >= 4 is 0 Å². The highest BCUT2D eigenvalue weighted by Gasteiger charge is 2.19. The number of rotatable bonds is 9. The quantitative estimate of drug-likeness (QED) is 0.649. The van der Waals surface area contributed by atoms with E-state index in [9.17, 15) is 5.11 Å². The second kappa shape index (κ2) is 10.8. The van der Waals surface area contributed by atoms with Crippen molar-refractivity contribution in [3.63, 3.8) is 0 Å². The number of hydrogen-bond donors (Lipinski definition) is 1. The summed E-state index contributed by atoms with van der Waals surface area (Å²) >= 11 is 0. The zero-order chi connectivity index (χ0) is 18.1. The van der Waals surface area contributed by atoms with Gasteiger partial charge >= 0.3 is 0 Å². The number of para-hydroxylation sites is 1. The van der Waals surface area contributed by atoms with Crippen LogP contribution >= 0.6 is 0 Å². The smallest absolute Gasteiger partial charge is 0.122 e. The lowest BCUT2D eigenvalue weighted by Crippen LogP contribution is -2.35. The lowest BCUT2D eigenvalue weighted by atomic mass is 9.91. The third kappa shape index (κ3) is 6.99. The van der Waals surface area contributed by atoms with Gasteiger partial charge in [-0.15, -0.1) is 0 Å². The van der Waals surface area contributed by atoms with Crippen LogP contribution in [-0.4, -0.2) is 42.9 Å². The Morgan fingerprint density at radius 2 is 1.80 bits per heavy atom. The summed E-state index contributed by atoms with van der Waals surface area (Å²) in [6.45, 7) is 6.52. The van der Waals surface area contributed by atoms with Gasteiger partial charge in [-0.2, -0.15) is 0 Å². The van der Waals surface area contributed by atoms with E-state index < -0.39 is 6.10 Å². The monoisotopic (exact) mass is 347 g/mol. The minimum Gasteiger partial charge on any atom is -0.491 e. The average molecular weight is 348 g/mol. The SMILES string of the molecule is CCC(C)CN(C)CC(O)COc1ccccc1C1CCCCCC1. The second-order valence-corrected chi connectivity index (χ2v) is 7.93. The molecule has 0 aromatic heterocycles. The molecule has 1 aromatic carbocycles. The van der Waals surface area contributed by atoms with Crippen molar-refractivity contribution in [2.45, 2.75) is 70.8 Å². The Morgan fingerprint density at radius 1 is 1.12 bits per heavy atom. The fraction of sp³-hybridized carbons (Fsp3) is 0.727. The van der Waals surface area contributed by atoms with Crippen LogP contribution in [0.2, 0.25) is 0 Å². The van der Waals surface area contributed by atoms with Gasteiger partial charge in [-0.1, -0.05) is 64.2 Å². The predicted octanol–water partition coefficient (Wildman–Crippen LogP) is 4.84. The molecule has 1 aliphatic rings. The van der Waals surface area contributed by atoms with Crippen LogP contribution in [0.3, 0.4) is 0 Å². The van der Waals surface area contributed by atoms with Crippen molar-refractivity contribution in [3.05, 3.63) is 29.8 Å². The van der Waals surface area contributed by atoms with Gasteiger partial charge < -0.3 is 14.7 Å². The highest BCUT2D eigenvalue weighted by Crippen LogP contribution is 2.36. The molecule has 0 spiro atoms. The molecular weight excluding hydrogens is 310 g/mol. The van der Waals surface area contributed by atoms with Crippen molar-refractivity contribution in [3.8, 4) is 5.75 Å². The first-order chi connectivity index (χ1) is 12.1. The van der Waals surface area contributed by atoms with Gasteiger partial charge in [0.05, 0.1) is 0 Å². The van der Waals surface area contributed by atoms with Gasteiger partial charge in [-0.05, 0) is 43.4 Å². The third-order valence-corrected chi connectivity index (χ3v) is 5.49. The van der Waals surface area contributed by atoms with Gasteiger partial charge in [0.1, 0.15) is 18.5 Å². The molecule has 25 heavy (non-hydrogen) atoms. The van der Waals surface area contributed by atoms with Crippen molar-refractivity contribution in [1.82, 2.24) is 4.90 Å². The zero-order valence-corrected chi connectivity index (χ0v) is 16.4. The maximum atomic E-state index is 10.3. The molecule has 3 nitrogen and oxygen atoms in total. The molecule has 0 aliphatic heterocycles. The van der Waals surface area contributed by atoms with Crippen molar-refractivity contribution < 1.29 is 9.84 Å². The second-order valence-electron chi connectivity index (χ2n) is 7.93. The van der Waals surface area contributed by atoms with Crippen molar-refractivity contribution in [2.24, 2.45) is 5.92 Å². The predicted molar refractivity (Wildman–Crippen MR) is 105 cm³/mol. The average Bonchev–Trinajstić information content (AvgIpc) is 2.89. The molecule has 0 amide bonds. The maximum Gasteiger partial charge on any atom is 0.122 e. The molecule has 1 aromatic rings. The largest absolute Gasteiger partial charge is 0.491 e. The first-order valence-electron chi connectivity index (χ1n) is 10.2. The minimum absolute atomic E-state index is 0.370. The van der Waals surface area contributed by atoms with E-state index in [4.69, 9.17) is 4.74 Å². The van der Waals surface area contributed by atoms with E-state index in [0.717, 1.165) is 12.3 Å².